The standard InChI is InChI=1S/C21H23N3O2/c25-20(21(26)24-11-10-17-6-4-5-7-18(17)16-24)23-14-12-22(13-15-23)19-8-2-1-3-9-19/h1-9H,10-16H2. The number of carbonyl (C=O) groups is 2. The van der Waals surface area contributed by atoms with Gasteiger partial charge in [-0.15, -0.1) is 0 Å². The molecule has 5 heteroatoms. The summed E-state index contributed by atoms with van der Waals surface area (Å²) in [5, 5.41) is 0. The highest BCUT2D eigenvalue weighted by atomic mass is 16.2. The number of fused-ring (bicyclic) bond motifs is 1. The molecule has 4 rings (SSSR count). The molecule has 134 valence electrons. The Morgan fingerprint density at radius 1 is 0.654 bits per heavy atom. The third-order valence-corrected chi connectivity index (χ3v) is 5.29. The quantitative estimate of drug-likeness (QED) is 0.739. The maximum absolute atomic E-state index is 12.7. The third kappa shape index (κ3) is 3.29. The van der Waals surface area contributed by atoms with E-state index in [4.69, 9.17) is 0 Å². The topological polar surface area (TPSA) is 43.9 Å². The van der Waals surface area contributed by atoms with Crippen LogP contribution in [0, 0.1) is 0 Å². The lowest BCUT2D eigenvalue weighted by Crippen LogP contribution is -2.53. The molecule has 2 amide bonds. The number of carbonyl (C=O) groups excluding carboxylic acids is 2. The first-order valence-corrected chi connectivity index (χ1v) is 9.17. The Kier molecular flexibility index (Phi) is 4.61. The normalized spacial score (nSPS) is 17.0. The predicted octanol–water partition coefficient (Wildman–Crippen LogP) is 1.92. The first-order chi connectivity index (χ1) is 12.7. The van der Waals surface area contributed by atoms with Crippen LogP contribution in [0.2, 0.25) is 0 Å². The molecule has 0 atom stereocenters. The summed E-state index contributed by atoms with van der Waals surface area (Å²) >= 11 is 0. The number of amides is 2. The molecule has 2 aromatic rings. The van der Waals surface area contributed by atoms with Crippen LogP contribution in [0.4, 0.5) is 5.69 Å². The van der Waals surface area contributed by atoms with Crippen LogP contribution in [-0.4, -0.2) is 54.3 Å². The predicted molar refractivity (Wildman–Crippen MR) is 101 cm³/mol. The second kappa shape index (κ2) is 7.20. The number of anilines is 1. The summed E-state index contributed by atoms with van der Waals surface area (Å²) in [6.45, 7) is 3.84. The van der Waals surface area contributed by atoms with E-state index in [9.17, 15) is 9.59 Å². The van der Waals surface area contributed by atoms with Gasteiger partial charge in [0.2, 0.25) is 0 Å². The van der Waals surface area contributed by atoms with Gasteiger partial charge in [0.15, 0.2) is 0 Å². The molecule has 26 heavy (non-hydrogen) atoms. The summed E-state index contributed by atoms with van der Waals surface area (Å²) in [6.07, 6.45) is 0.816. The molecule has 1 fully saturated rings. The Balaban J connectivity index is 1.36. The summed E-state index contributed by atoms with van der Waals surface area (Å²) in [5.74, 6) is -0.732. The van der Waals surface area contributed by atoms with Gasteiger partial charge in [-0.25, -0.2) is 0 Å². The average Bonchev–Trinajstić information content (AvgIpc) is 2.73. The van der Waals surface area contributed by atoms with Crippen molar-refractivity contribution in [3.05, 3.63) is 65.7 Å². The number of piperazine rings is 1. The van der Waals surface area contributed by atoms with Gasteiger partial charge < -0.3 is 14.7 Å². The molecule has 0 unspecified atom stereocenters. The van der Waals surface area contributed by atoms with E-state index in [2.05, 4.69) is 23.1 Å². The van der Waals surface area contributed by atoms with Gasteiger partial charge >= 0.3 is 11.8 Å². The van der Waals surface area contributed by atoms with Gasteiger partial charge in [0.25, 0.3) is 0 Å². The van der Waals surface area contributed by atoms with Crippen LogP contribution < -0.4 is 4.90 Å². The van der Waals surface area contributed by atoms with Crippen LogP contribution in [0.15, 0.2) is 54.6 Å². The molecule has 5 nitrogen and oxygen atoms in total. The van der Waals surface area contributed by atoms with Crippen LogP contribution in [0.3, 0.4) is 0 Å². The molecule has 0 aliphatic carbocycles. The van der Waals surface area contributed by atoms with Gasteiger partial charge in [0, 0.05) is 45.0 Å². The summed E-state index contributed by atoms with van der Waals surface area (Å²) in [4.78, 5) is 31.0. The Hall–Kier alpha value is -2.82. The summed E-state index contributed by atoms with van der Waals surface area (Å²) in [6, 6.07) is 18.3. The van der Waals surface area contributed by atoms with Gasteiger partial charge in [0.1, 0.15) is 0 Å². The number of benzene rings is 2. The lowest BCUT2D eigenvalue weighted by atomic mass is 10.00. The highest BCUT2D eigenvalue weighted by molar-refractivity contribution is 6.34. The van der Waals surface area contributed by atoms with E-state index in [1.165, 1.54) is 11.3 Å². The molecular formula is C21H23N3O2. The van der Waals surface area contributed by atoms with Crippen molar-refractivity contribution in [2.45, 2.75) is 13.0 Å². The monoisotopic (exact) mass is 349 g/mol. The smallest absolute Gasteiger partial charge is 0.312 e. The minimum atomic E-state index is -0.368. The third-order valence-electron chi connectivity index (χ3n) is 5.29. The van der Waals surface area contributed by atoms with Crippen molar-refractivity contribution < 1.29 is 9.59 Å². The molecule has 0 spiro atoms. The Bertz CT molecular complexity index is 798. The molecule has 2 aromatic carbocycles. The first kappa shape index (κ1) is 16.6. The van der Waals surface area contributed by atoms with Crippen LogP contribution >= 0.6 is 0 Å². The molecule has 1 saturated heterocycles. The number of hydrogen-bond donors (Lipinski definition) is 0. The molecule has 0 N–H and O–H groups in total. The van der Waals surface area contributed by atoms with Crippen LogP contribution in [0.25, 0.3) is 0 Å². The average molecular weight is 349 g/mol. The van der Waals surface area contributed by atoms with E-state index >= 15 is 0 Å². The fourth-order valence-electron chi connectivity index (χ4n) is 3.75. The van der Waals surface area contributed by atoms with Crippen LogP contribution in [-0.2, 0) is 22.6 Å². The second-order valence-electron chi connectivity index (χ2n) is 6.86. The zero-order valence-corrected chi connectivity index (χ0v) is 14.8. The van der Waals surface area contributed by atoms with Crippen molar-refractivity contribution in [3.8, 4) is 0 Å². The van der Waals surface area contributed by atoms with E-state index in [-0.39, 0.29) is 11.8 Å². The Morgan fingerprint density at radius 2 is 1.27 bits per heavy atom. The summed E-state index contributed by atoms with van der Waals surface area (Å²) in [7, 11) is 0. The molecular weight excluding hydrogens is 326 g/mol. The highest BCUT2D eigenvalue weighted by Crippen LogP contribution is 2.20. The van der Waals surface area contributed by atoms with Crippen molar-refractivity contribution >= 4 is 17.5 Å². The maximum atomic E-state index is 12.7. The van der Waals surface area contributed by atoms with E-state index in [0.717, 1.165) is 25.1 Å². The van der Waals surface area contributed by atoms with Gasteiger partial charge in [0.05, 0.1) is 0 Å². The minimum absolute atomic E-state index is 0.364. The van der Waals surface area contributed by atoms with E-state index in [0.29, 0.717) is 26.2 Å². The number of hydrogen-bond acceptors (Lipinski definition) is 3. The number of nitrogens with zero attached hydrogens (tertiary/aromatic N) is 3. The lowest BCUT2D eigenvalue weighted by Gasteiger charge is -2.37. The van der Waals surface area contributed by atoms with E-state index < -0.39 is 0 Å². The molecule has 0 aromatic heterocycles. The molecule has 2 aliphatic heterocycles. The van der Waals surface area contributed by atoms with Crippen molar-refractivity contribution in [2.24, 2.45) is 0 Å². The minimum Gasteiger partial charge on any atom is -0.368 e. The second-order valence-corrected chi connectivity index (χ2v) is 6.86. The van der Waals surface area contributed by atoms with Crippen molar-refractivity contribution in [2.75, 3.05) is 37.6 Å². The Morgan fingerprint density at radius 3 is 2.00 bits per heavy atom. The van der Waals surface area contributed by atoms with Gasteiger partial charge in [-0.3, -0.25) is 9.59 Å². The zero-order valence-electron chi connectivity index (χ0n) is 14.8. The zero-order chi connectivity index (χ0) is 17.9. The van der Waals surface area contributed by atoms with Crippen molar-refractivity contribution in [3.63, 3.8) is 0 Å². The molecule has 0 saturated carbocycles. The van der Waals surface area contributed by atoms with E-state index in [1.807, 2.05) is 36.4 Å². The van der Waals surface area contributed by atoms with Crippen LogP contribution in [0.1, 0.15) is 11.1 Å². The van der Waals surface area contributed by atoms with Gasteiger partial charge in [-0.1, -0.05) is 42.5 Å². The fourth-order valence-corrected chi connectivity index (χ4v) is 3.75. The molecule has 0 radical (unpaired) electrons. The van der Waals surface area contributed by atoms with E-state index in [1.54, 1.807) is 9.80 Å². The largest absolute Gasteiger partial charge is 0.368 e. The summed E-state index contributed by atoms with van der Waals surface area (Å²) in [5.41, 5.74) is 3.59. The lowest BCUT2D eigenvalue weighted by molar-refractivity contribution is -0.152. The molecule has 2 aliphatic rings. The van der Waals surface area contributed by atoms with Crippen molar-refractivity contribution in [1.29, 1.82) is 0 Å². The molecule has 0 bridgehead atoms. The van der Waals surface area contributed by atoms with Gasteiger partial charge in [-0.2, -0.15) is 0 Å². The number of rotatable bonds is 1. The van der Waals surface area contributed by atoms with Crippen LogP contribution in [0.5, 0.6) is 0 Å². The first-order valence-electron chi connectivity index (χ1n) is 9.17. The number of para-hydroxylation sites is 1. The van der Waals surface area contributed by atoms with Gasteiger partial charge in [-0.05, 0) is 29.7 Å². The fraction of sp³-hybridized carbons (Fsp3) is 0.333. The van der Waals surface area contributed by atoms with Crippen molar-refractivity contribution in [1.82, 2.24) is 9.80 Å². The Labute approximate surface area is 153 Å². The molecule has 2 heterocycles. The summed E-state index contributed by atoms with van der Waals surface area (Å²) < 4.78 is 0. The highest BCUT2D eigenvalue weighted by Gasteiger charge is 2.31. The SMILES string of the molecule is O=C(C(=O)N1CCc2ccccc2C1)N1CCN(c2ccccc2)CC1. The maximum Gasteiger partial charge on any atom is 0.312 e.